The van der Waals surface area contributed by atoms with Crippen molar-refractivity contribution in [3.8, 4) is 5.75 Å². The van der Waals surface area contributed by atoms with E-state index in [4.69, 9.17) is 33.0 Å². The van der Waals surface area contributed by atoms with Gasteiger partial charge in [-0.1, -0.05) is 29.3 Å². The third-order valence-corrected chi connectivity index (χ3v) is 4.00. The number of carbonyl (C=O) groups is 1. The summed E-state index contributed by atoms with van der Waals surface area (Å²) >= 11 is 12.5. The number of hydrogen-bond acceptors (Lipinski definition) is 3. The number of carboxylic acid groups (broad SMARTS) is 1. The number of rotatable bonds is 5. The third-order valence-electron chi connectivity index (χ3n) is 3.20. The zero-order valence-electron chi connectivity index (χ0n) is 12.1. The molecule has 0 aliphatic carbocycles. The molecule has 0 bridgehead atoms. The minimum absolute atomic E-state index is 0.138. The molecule has 0 aliphatic rings. The summed E-state index contributed by atoms with van der Waals surface area (Å²) in [6.07, 6.45) is -0.138. The van der Waals surface area contributed by atoms with Crippen LogP contribution in [0.5, 0.6) is 5.75 Å². The summed E-state index contributed by atoms with van der Waals surface area (Å²) < 4.78 is 5.14. The lowest BCUT2D eigenvalue weighted by molar-refractivity contribution is -0.136. The lowest BCUT2D eigenvalue weighted by Gasteiger charge is -2.15. The first kappa shape index (κ1) is 16.5. The van der Waals surface area contributed by atoms with Gasteiger partial charge in [-0.05, 0) is 42.3 Å². The maximum Gasteiger partial charge on any atom is 0.307 e. The van der Waals surface area contributed by atoms with E-state index in [2.05, 4.69) is 5.32 Å². The Morgan fingerprint density at radius 3 is 2.64 bits per heavy atom. The number of benzene rings is 2. The number of anilines is 2. The summed E-state index contributed by atoms with van der Waals surface area (Å²) in [6.45, 7) is 1.87. The second kappa shape index (κ2) is 6.90. The van der Waals surface area contributed by atoms with Gasteiger partial charge in [-0.25, -0.2) is 0 Å². The van der Waals surface area contributed by atoms with Crippen LogP contribution >= 0.6 is 23.2 Å². The first-order valence-electron chi connectivity index (χ1n) is 6.52. The molecule has 0 saturated heterocycles. The summed E-state index contributed by atoms with van der Waals surface area (Å²) in [5.41, 5.74) is 2.64. The molecule has 0 saturated carbocycles. The van der Waals surface area contributed by atoms with E-state index in [-0.39, 0.29) is 6.42 Å². The summed E-state index contributed by atoms with van der Waals surface area (Å²) in [4.78, 5) is 11.0. The molecule has 0 aromatic heterocycles. The first-order valence-corrected chi connectivity index (χ1v) is 7.28. The van der Waals surface area contributed by atoms with Gasteiger partial charge in [0.1, 0.15) is 5.75 Å². The van der Waals surface area contributed by atoms with Crippen molar-refractivity contribution in [1.29, 1.82) is 0 Å². The van der Waals surface area contributed by atoms with Crippen molar-refractivity contribution in [3.63, 3.8) is 0 Å². The van der Waals surface area contributed by atoms with Crippen molar-refractivity contribution < 1.29 is 14.6 Å². The quantitative estimate of drug-likeness (QED) is 0.830. The Kier molecular flexibility index (Phi) is 5.16. The highest BCUT2D eigenvalue weighted by Gasteiger charge is 2.13. The minimum Gasteiger partial charge on any atom is -0.497 e. The van der Waals surface area contributed by atoms with E-state index >= 15 is 0 Å². The lowest BCUT2D eigenvalue weighted by atomic mass is 10.1. The predicted molar refractivity (Wildman–Crippen MR) is 88.8 cm³/mol. The molecule has 0 atom stereocenters. The molecule has 2 rings (SSSR count). The number of carboxylic acids is 1. The SMILES string of the molecule is COc1ccc(Nc2c(Cl)ccc(C)c2Cl)c(CC(=O)O)c1. The van der Waals surface area contributed by atoms with Crippen LogP contribution in [0, 0.1) is 6.92 Å². The molecule has 0 amide bonds. The summed E-state index contributed by atoms with van der Waals surface area (Å²) in [5, 5.41) is 13.1. The molecular formula is C16H15Cl2NO3. The number of halogens is 2. The van der Waals surface area contributed by atoms with Gasteiger partial charge in [0.2, 0.25) is 0 Å². The summed E-state index contributed by atoms with van der Waals surface area (Å²) in [6, 6.07) is 8.72. The lowest BCUT2D eigenvalue weighted by Crippen LogP contribution is -2.05. The highest BCUT2D eigenvalue weighted by atomic mass is 35.5. The Labute approximate surface area is 138 Å². The van der Waals surface area contributed by atoms with Crippen LogP contribution < -0.4 is 10.1 Å². The number of hydrogen-bond donors (Lipinski definition) is 2. The molecule has 2 N–H and O–H groups in total. The van der Waals surface area contributed by atoms with Gasteiger partial charge >= 0.3 is 5.97 Å². The highest BCUT2D eigenvalue weighted by Crippen LogP contribution is 2.36. The van der Waals surface area contributed by atoms with Crippen LogP contribution in [0.2, 0.25) is 10.0 Å². The fourth-order valence-electron chi connectivity index (χ4n) is 2.03. The number of aryl methyl sites for hydroxylation is 1. The Morgan fingerprint density at radius 2 is 2.00 bits per heavy atom. The van der Waals surface area contributed by atoms with Crippen molar-refractivity contribution >= 4 is 40.5 Å². The van der Waals surface area contributed by atoms with Crippen molar-refractivity contribution in [2.24, 2.45) is 0 Å². The van der Waals surface area contributed by atoms with E-state index in [1.165, 1.54) is 7.11 Å². The molecule has 2 aromatic carbocycles. The zero-order chi connectivity index (χ0) is 16.3. The normalized spacial score (nSPS) is 10.4. The first-order chi connectivity index (χ1) is 10.4. The molecule has 116 valence electrons. The molecule has 22 heavy (non-hydrogen) atoms. The third kappa shape index (κ3) is 3.64. The van der Waals surface area contributed by atoms with Gasteiger partial charge in [0, 0.05) is 5.69 Å². The highest BCUT2D eigenvalue weighted by molar-refractivity contribution is 6.39. The number of aliphatic carboxylic acids is 1. The van der Waals surface area contributed by atoms with Crippen molar-refractivity contribution in [2.45, 2.75) is 13.3 Å². The second-order valence-corrected chi connectivity index (χ2v) is 5.56. The predicted octanol–water partition coefficient (Wildman–Crippen LogP) is 4.68. The van der Waals surface area contributed by atoms with E-state index < -0.39 is 5.97 Å². The largest absolute Gasteiger partial charge is 0.497 e. The number of nitrogens with one attached hydrogen (secondary N) is 1. The second-order valence-electron chi connectivity index (χ2n) is 4.77. The fraction of sp³-hybridized carbons (Fsp3) is 0.188. The molecule has 0 heterocycles. The van der Waals surface area contributed by atoms with Crippen LogP contribution in [0.3, 0.4) is 0 Å². The molecular weight excluding hydrogens is 325 g/mol. The zero-order valence-corrected chi connectivity index (χ0v) is 13.6. The molecule has 0 spiro atoms. The molecule has 0 aliphatic heterocycles. The van der Waals surface area contributed by atoms with E-state index in [1.807, 2.05) is 13.0 Å². The summed E-state index contributed by atoms with van der Waals surface area (Å²) in [7, 11) is 1.53. The Hall–Kier alpha value is -1.91. The molecule has 2 aromatic rings. The number of methoxy groups -OCH3 is 1. The van der Waals surface area contributed by atoms with E-state index in [0.29, 0.717) is 32.7 Å². The van der Waals surface area contributed by atoms with Gasteiger partial charge in [-0.2, -0.15) is 0 Å². The van der Waals surface area contributed by atoms with Crippen LogP contribution in [-0.2, 0) is 11.2 Å². The molecule has 0 fully saturated rings. The van der Waals surface area contributed by atoms with Crippen molar-refractivity contribution in [2.75, 3.05) is 12.4 Å². The van der Waals surface area contributed by atoms with Crippen LogP contribution in [0.4, 0.5) is 11.4 Å². The topological polar surface area (TPSA) is 58.6 Å². The van der Waals surface area contributed by atoms with Gasteiger partial charge in [0.15, 0.2) is 0 Å². The van der Waals surface area contributed by atoms with Gasteiger partial charge < -0.3 is 15.2 Å². The maximum absolute atomic E-state index is 11.0. The van der Waals surface area contributed by atoms with Crippen molar-refractivity contribution in [3.05, 3.63) is 51.5 Å². The van der Waals surface area contributed by atoms with Gasteiger partial charge in [-0.15, -0.1) is 0 Å². The number of ether oxygens (including phenoxy) is 1. The Bertz CT molecular complexity index is 717. The molecule has 0 radical (unpaired) electrons. The molecule has 4 nitrogen and oxygen atoms in total. The Balaban J connectivity index is 2.45. The van der Waals surface area contributed by atoms with Gasteiger partial charge in [0.25, 0.3) is 0 Å². The monoisotopic (exact) mass is 339 g/mol. The maximum atomic E-state index is 11.0. The summed E-state index contributed by atoms with van der Waals surface area (Å²) in [5.74, 6) is -0.346. The van der Waals surface area contributed by atoms with Crippen LogP contribution in [0.15, 0.2) is 30.3 Å². The average Bonchev–Trinajstić information content (AvgIpc) is 2.48. The minimum atomic E-state index is -0.933. The van der Waals surface area contributed by atoms with E-state index in [0.717, 1.165) is 5.56 Å². The fourth-order valence-corrected chi connectivity index (χ4v) is 2.50. The van der Waals surface area contributed by atoms with Crippen molar-refractivity contribution in [1.82, 2.24) is 0 Å². The van der Waals surface area contributed by atoms with Gasteiger partial charge in [-0.3, -0.25) is 4.79 Å². The average molecular weight is 340 g/mol. The standard InChI is InChI=1S/C16H15Cl2NO3/c1-9-3-5-12(17)16(15(9)18)19-13-6-4-11(22-2)7-10(13)8-14(20)21/h3-7,19H,8H2,1-2H3,(H,20,21). The molecule has 0 unspecified atom stereocenters. The van der Waals surface area contributed by atoms with E-state index in [9.17, 15) is 4.79 Å². The smallest absolute Gasteiger partial charge is 0.307 e. The van der Waals surface area contributed by atoms with Crippen LogP contribution in [0.1, 0.15) is 11.1 Å². The Morgan fingerprint density at radius 1 is 1.27 bits per heavy atom. The van der Waals surface area contributed by atoms with Crippen LogP contribution in [-0.4, -0.2) is 18.2 Å². The van der Waals surface area contributed by atoms with Crippen LogP contribution in [0.25, 0.3) is 0 Å². The molecule has 6 heteroatoms. The van der Waals surface area contributed by atoms with Gasteiger partial charge in [0.05, 0.1) is 29.3 Å². The van der Waals surface area contributed by atoms with E-state index in [1.54, 1.807) is 24.3 Å².